The molecule has 7 nitrogen and oxygen atoms in total. The fourth-order valence-corrected chi connectivity index (χ4v) is 5.53. The first-order chi connectivity index (χ1) is 19.3. The largest absolute Gasteiger partial charge is 0.456 e. The number of hydrogen-bond donors (Lipinski definition) is 0. The van der Waals surface area contributed by atoms with Gasteiger partial charge < -0.3 is 13.3 Å². The van der Waals surface area contributed by atoms with Crippen molar-refractivity contribution in [3.8, 4) is 22.5 Å². The lowest BCUT2D eigenvalue weighted by molar-refractivity contribution is 0.666. The smallest absolute Gasteiger partial charge is 0.180 e. The van der Waals surface area contributed by atoms with Gasteiger partial charge in [0.1, 0.15) is 57.4 Å². The van der Waals surface area contributed by atoms with Crippen LogP contribution in [0.25, 0.3) is 88.6 Å². The maximum atomic E-state index is 6.19. The van der Waals surface area contributed by atoms with E-state index in [1.165, 1.54) is 0 Å². The fourth-order valence-electron chi connectivity index (χ4n) is 5.53. The average molecular weight is 505 g/mol. The molecular weight excluding hydrogens is 488 g/mol. The highest BCUT2D eigenvalue weighted by Crippen LogP contribution is 2.39. The molecule has 0 aliphatic carbocycles. The summed E-state index contributed by atoms with van der Waals surface area (Å²) in [7, 11) is 0. The van der Waals surface area contributed by atoms with E-state index in [1.807, 2.05) is 72.8 Å². The molecule has 0 unspecified atom stereocenters. The predicted molar refractivity (Wildman–Crippen MR) is 150 cm³/mol. The maximum absolute atomic E-state index is 6.19. The summed E-state index contributed by atoms with van der Waals surface area (Å²) in [5.74, 6) is 0. The predicted octanol–water partition coefficient (Wildman–Crippen LogP) is 8.30. The Morgan fingerprint density at radius 3 is 1.38 bits per heavy atom. The van der Waals surface area contributed by atoms with Crippen molar-refractivity contribution in [3.63, 3.8) is 0 Å². The van der Waals surface area contributed by atoms with Crippen LogP contribution in [0.15, 0.2) is 111 Å². The molecule has 0 aliphatic rings. The molecule has 0 atom stereocenters. The molecule has 0 aliphatic heterocycles. The number of hydrogen-bond acceptors (Lipinski definition) is 7. The summed E-state index contributed by atoms with van der Waals surface area (Å²) in [6.07, 6.45) is 3.17. The zero-order valence-electron chi connectivity index (χ0n) is 20.3. The monoisotopic (exact) mass is 504 g/mol. The van der Waals surface area contributed by atoms with Gasteiger partial charge in [-0.1, -0.05) is 24.3 Å². The molecule has 4 aromatic carbocycles. The molecule has 0 N–H and O–H groups in total. The Hall–Kier alpha value is -5.56. The van der Waals surface area contributed by atoms with Crippen molar-refractivity contribution < 1.29 is 13.3 Å². The van der Waals surface area contributed by atoms with Crippen LogP contribution in [0.1, 0.15) is 0 Å². The Bertz CT molecular complexity index is 2250. The van der Waals surface area contributed by atoms with Gasteiger partial charge in [0.15, 0.2) is 11.2 Å². The Balaban J connectivity index is 1.26. The van der Waals surface area contributed by atoms with Crippen LogP contribution in [0, 0.1) is 0 Å². The van der Waals surface area contributed by atoms with Gasteiger partial charge in [0, 0.05) is 32.7 Å². The van der Waals surface area contributed by atoms with Gasteiger partial charge >= 0.3 is 0 Å². The summed E-state index contributed by atoms with van der Waals surface area (Å²) >= 11 is 0. The van der Waals surface area contributed by atoms with Crippen LogP contribution in [0.3, 0.4) is 0 Å². The molecule has 182 valence electrons. The lowest BCUT2D eigenvalue weighted by atomic mass is 10.0. The van der Waals surface area contributed by atoms with E-state index >= 15 is 0 Å². The van der Waals surface area contributed by atoms with E-state index in [4.69, 9.17) is 13.3 Å². The van der Waals surface area contributed by atoms with Crippen LogP contribution < -0.4 is 0 Å². The minimum atomic E-state index is 0.666. The third-order valence-corrected chi connectivity index (χ3v) is 7.33. The van der Waals surface area contributed by atoms with Gasteiger partial charge in [0.25, 0.3) is 0 Å². The van der Waals surface area contributed by atoms with Gasteiger partial charge in [-0.05, 0) is 60.7 Å². The second-order valence-corrected chi connectivity index (χ2v) is 9.52. The Morgan fingerprint density at radius 1 is 0.410 bits per heavy atom. The number of fused-ring (bicyclic) bond motifs is 9. The van der Waals surface area contributed by atoms with E-state index < -0.39 is 0 Å². The second kappa shape index (κ2) is 7.49. The summed E-state index contributed by atoms with van der Waals surface area (Å²) in [5, 5.41) is 3.89. The normalized spacial score (nSPS) is 12.1. The van der Waals surface area contributed by atoms with Gasteiger partial charge in [-0.3, -0.25) is 0 Å². The van der Waals surface area contributed by atoms with Crippen molar-refractivity contribution in [3.05, 3.63) is 97.6 Å². The molecule has 9 aromatic rings. The number of aromatic nitrogens is 4. The summed E-state index contributed by atoms with van der Waals surface area (Å²) in [5.41, 5.74) is 9.40. The molecular formula is C32H16N4O3. The molecule has 5 heterocycles. The quantitative estimate of drug-likeness (QED) is 0.234. The number of furan rings is 3. The van der Waals surface area contributed by atoms with Gasteiger partial charge in [0.05, 0.1) is 0 Å². The first kappa shape index (κ1) is 20.5. The maximum Gasteiger partial charge on any atom is 0.180 e. The SMILES string of the molecule is c1ccc2c(c1)oc1c(-c3ccc4oc5ccc(-c6ncnc7c6oc6ccccc67)cc5c4c3)ncnc12. The number of rotatable bonds is 2. The Labute approximate surface area is 219 Å². The van der Waals surface area contributed by atoms with E-state index in [2.05, 4.69) is 32.1 Å². The van der Waals surface area contributed by atoms with Crippen molar-refractivity contribution in [2.45, 2.75) is 0 Å². The van der Waals surface area contributed by atoms with Crippen molar-refractivity contribution >= 4 is 66.1 Å². The van der Waals surface area contributed by atoms with Crippen molar-refractivity contribution in [2.75, 3.05) is 0 Å². The van der Waals surface area contributed by atoms with Crippen LogP contribution in [0.4, 0.5) is 0 Å². The molecule has 5 aromatic heterocycles. The van der Waals surface area contributed by atoms with E-state index in [1.54, 1.807) is 12.7 Å². The summed E-state index contributed by atoms with van der Waals surface area (Å²) in [6, 6.07) is 27.9. The van der Waals surface area contributed by atoms with Crippen molar-refractivity contribution in [1.82, 2.24) is 19.9 Å². The van der Waals surface area contributed by atoms with Crippen LogP contribution in [-0.2, 0) is 0 Å². The Morgan fingerprint density at radius 2 is 0.872 bits per heavy atom. The van der Waals surface area contributed by atoms with Gasteiger partial charge in [-0.15, -0.1) is 0 Å². The van der Waals surface area contributed by atoms with E-state index in [9.17, 15) is 0 Å². The Kier molecular flexibility index (Phi) is 3.93. The molecule has 0 saturated carbocycles. The third-order valence-electron chi connectivity index (χ3n) is 7.33. The van der Waals surface area contributed by atoms with Crippen LogP contribution in [-0.4, -0.2) is 19.9 Å². The molecule has 0 fully saturated rings. The van der Waals surface area contributed by atoms with E-state index in [-0.39, 0.29) is 0 Å². The molecule has 0 radical (unpaired) electrons. The number of nitrogens with zero attached hydrogens (tertiary/aromatic N) is 4. The lowest BCUT2D eigenvalue weighted by Crippen LogP contribution is -1.87. The highest BCUT2D eigenvalue weighted by molar-refractivity contribution is 6.11. The van der Waals surface area contributed by atoms with Gasteiger partial charge in [-0.25, -0.2) is 19.9 Å². The highest BCUT2D eigenvalue weighted by atomic mass is 16.3. The van der Waals surface area contributed by atoms with Crippen LogP contribution >= 0.6 is 0 Å². The highest BCUT2D eigenvalue weighted by Gasteiger charge is 2.18. The fraction of sp³-hybridized carbons (Fsp3) is 0. The minimum absolute atomic E-state index is 0.666. The molecule has 0 bridgehead atoms. The van der Waals surface area contributed by atoms with Crippen molar-refractivity contribution in [1.29, 1.82) is 0 Å². The molecule has 39 heavy (non-hydrogen) atoms. The zero-order chi connectivity index (χ0) is 25.5. The molecule has 9 rings (SSSR count). The first-order valence-corrected chi connectivity index (χ1v) is 12.5. The molecule has 0 spiro atoms. The molecule has 7 heteroatoms. The van der Waals surface area contributed by atoms with Gasteiger partial charge in [0.2, 0.25) is 0 Å². The second-order valence-electron chi connectivity index (χ2n) is 9.52. The van der Waals surface area contributed by atoms with E-state index in [0.717, 1.165) is 77.4 Å². The topological polar surface area (TPSA) is 91.0 Å². The molecule has 0 saturated heterocycles. The average Bonchev–Trinajstić information content (AvgIpc) is 3.67. The third kappa shape index (κ3) is 2.86. The standard InChI is InChI=1S/C32H16N4O3/c1-3-7-23-19(5-1)29-31(38-23)27(33-15-35-29)17-9-11-25-21(13-17)22-14-18(10-12-26(22)37-25)28-32-30(36-16-34-28)20-6-2-4-8-24(20)39-32/h1-16H. The summed E-state index contributed by atoms with van der Waals surface area (Å²) in [6.45, 7) is 0. The zero-order valence-corrected chi connectivity index (χ0v) is 20.3. The number of benzene rings is 4. The minimum Gasteiger partial charge on any atom is -0.456 e. The van der Waals surface area contributed by atoms with Crippen LogP contribution in [0.2, 0.25) is 0 Å². The first-order valence-electron chi connectivity index (χ1n) is 12.5. The summed E-state index contributed by atoms with van der Waals surface area (Å²) < 4.78 is 18.6. The van der Waals surface area contributed by atoms with E-state index in [0.29, 0.717) is 11.2 Å². The van der Waals surface area contributed by atoms with Crippen LogP contribution in [0.5, 0.6) is 0 Å². The number of para-hydroxylation sites is 2. The summed E-state index contributed by atoms with van der Waals surface area (Å²) in [4.78, 5) is 18.2. The van der Waals surface area contributed by atoms with Gasteiger partial charge in [-0.2, -0.15) is 0 Å². The molecule has 0 amide bonds. The van der Waals surface area contributed by atoms with Crippen molar-refractivity contribution in [2.24, 2.45) is 0 Å². The lowest BCUT2D eigenvalue weighted by Gasteiger charge is -2.03.